The van der Waals surface area contributed by atoms with E-state index in [1.807, 2.05) is 11.6 Å². The van der Waals surface area contributed by atoms with Crippen LogP contribution in [0.15, 0.2) is 35.8 Å². The lowest BCUT2D eigenvalue weighted by molar-refractivity contribution is 0.141. The molecule has 2 fully saturated rings. The molecule has 180 valence electrons. The second-order valence-electron chi connectivity index (χ2n) is 9.27. The van der Waals surface area contributed by atoms with Crippen LogP contribution < -0.4 is 10.2 Å². The fourth-order valence-electron chi connectivity index (χ4n) is 5.03. The highest BCUT2D eigenvalue weighted by Crippen LogP contribution is 2.35. The van der Waals surface area contributed by atoms with Crippen LogP contribution in [0.3, 0.4) is 0 Å². The Hall–Kier alpha value is -2.58. The average molecular weight is 484 g/mol. The monoisotopic (exact) mass is 483 g/mol. The molecule has 4 heterocycles. The number of nitrogens with zero attached hydrogens (tertiary/aromatic N) is 4. The average Bonchev–Trinajstić information content (AvgIpc) is 3.29. The van der Waals surface area contributed by atoms with Crippen LogP contribution in [0.25, 0.3) is 10.4 Å². The zero-order chi connectivity index (χ0) is 23.5. The lowest BCUT2D eigenvalue weighted by Gasteiger charge is -2.40. The van der Waals surface area contributed by atoms with Crippen molar-refractivity contribution in [1.29, 1.82) is 0 Å². The predicted molar refractivity (Wildman–Crippen MR) is 134 cm³/mol. The molecule has 2 saturated heterocycles. The second kappa shape index (κ2) is 10.4. The molecule has 2 aliphatic heterocycles. The quantitative estimate of drug-likeness (QED) is 0.476. The molecule has 0 radical (unpaired) electrons. The van der Waals surface area contributed by atoms with Gasteiger partial charge in [0.15, 0.2) is 0 Å². The van der Waals surface area contributed by atoms with Gasteiger partial charge in [-0.2, -0.15) is 4.98 Å². The van der Waals surface area contributed by atoms with Gasteiger partial charge < -0.3 is 15.1 Å². The summed E-state index contributed by atoms with van der Waals surface area (Å²) < 4.78 is 27.6. The van der Waals surface area contributed by atoms with Crippen molar-refractivity contribution in [2.45, 2.75) is 51.6 Å². The molecule has 8 heteroatoms. The lowest BCUT2D eigenvalue weighted by Crippen LogP contribution is -2.47. The molecule has 0 saturated carbocycles. The molecule has 1 aromatic carbocycles. The van der Waals surface area contributed by atoms with Gasteiger partial charge in [0.05, 0.1) is 5.56 Å². The molecule has 3 aromatic rings. The maximum atomic E-state index is 14.2. The molecule has 0 spiro atoms. The summed E-state index contributed by atoms with van der Waals surface area (Å²) in [5, 5.41) is 5.35. The van der Waals surface area contributed by atoms with Gasteiger partial charge in [0, 0.05) is 48.4 Å². The van der Waals surface area contributed by atoms with E-state index in [4.69, 9.17) is 9.97 Å². The molecule has 2 aromatic heterocycles. The van der Waals surface area contributed by atoms with Crippen LogP contribution in [0.2, 0.25) is 0 Å². The van der Waals surface area contributed by atoms with Gasteiger partial charge in [-0.25, -0.2) is 13.8 Å². The van der Waals surface area contributed by atoms with E-state index in [2.05, 4.69) is 28.1 Å². The minimum Gasteiger partial charge on any atom is -0.365 e. The van der Waals surface area contributed by atoms with E-state index in [9.17, 15) is 8.78 Å². The van der Waals surface area contributed by atoms with Crippen molar-refractivity contribution in [3.05, 3.63) is 58.6 Å². The summed E-state index contributed by atoms with van der Waals surface area (Å²) in [4.78, 5) is 15.6. The molecule has 2 aliphatic rings. The van der Waals surface area contributed by atoms with Gasteiger partial charge in [-0.1, -0.05) is 12.5 Å². The molecule has 0 bridgehead atoms. The fraction of sp³-hybridized carbons (Fsp3) is 0.462. The van der Waals surface area contributed by atoms with Gasteiger partial charge in [0.1, 0.15) is 17.5 Å². The Morgan fingerprint density at radius 1 is 1.06 bits per heavy atom. The maximum Gasteiger partial charge on any atom is 0.227 e. The first-order valence-corrected chi connectivity index (χ1v) is 13.0. The molecule has 34 heavy (non-hydrogen) atoms. The van der Waals surface area contributed by atoms with Crippen LogP contribution >= 0.6 is 11.3 Å². The number of rotatable bonds is 6. The number of halogens is 2. The van der Waals surface area contributed by atoms with E-state index < -0.39 is 11.6 Å². The van der Waals surface area contributed by atoms with E-state index in [-0.39, 0.29) is 6.54 Å². The molecule has 5 rings (SSSR count). The Balaban J connectivity index is 1.35. The summed E-state index contributed by atoms with van der Waals surface area (Å²) >= 11 is 1.64. The van der Waals surface area contributed by atoms with Gasteiger partial charge in [-0.05, 0) is 68.8 Å². The number of likely N-dealkylation sites (tertiary alicyclic amines) is 1. The number of hydrogen-bond acceptors (Lipinski definition) is 6. The number of benzene rings is 1. The highest BCUT2D eigenvalue weighted by molar-refractivity contribution is 7.13. The number of nitrogens with one attached hydrogen (secondary N) is 1. The van der Waals surface area contributed by atoms with E-state index >= 15 is 0 Å². The predicted octanol–water partition coefficient (Wildman–Crippen LogP) is 5.86. The van der Waals surface area contributed by atoms with Crippen LogP contribution in [0.5, 0.6) is 0 Å². The smallest absolute Gasteiger partial charge is 0.227 e. The first-order chi connectivity index (χ1) is 16.6. The van der Waals surface area contributed by atoms with Crippen molar-refractivity contribution in [3.8, 4) is 10.4 Å². The molecule has 0 amide bonds. The van der Waals surface area contributed by atoms with Crippen molar-refractivity contribution >= 4 is 23.1 Å². The number of thiophene rings is 1. The van der Waals surface area contributed by atoms with Crippen molar-refractivity contribution in [1.82, 2.24) is 14.9 Å². The van der Waals surface area contributed by atoms with Gasteiger partial charge in [-0.15, -0.1) is 11.3 Å². The number of anilines is 2. The molecular formula is C26H31F2N5S. The Morgan fingerprint density at radius 2 is 1.85 bits per heavy atom. The highest BCUT2D eigenvalue weighted by Gasteiger charge is 2.27. The molecular weight excluding hydrogens is 452 g/mol. The summed E-state index contributed by atoms with van der Waals surface area (Å²) in [7, 11) is 0. The Bertz CT molecular complexity index is 1120. The van der Waals surface area contributed by atoms with Crippen LogP contribution in [-0.2, 0) is 6.54 Å². The molecule has 5 nitrogen and oxygen atoms in total. The van der Waals surface area contributed by atoms with Gasteiger partial charge in [0.2, 0.25) is 5.95 Å². The Labute approximate surface area is 203 Å². The van der Waals surface area contributed by atoms with Crippen molar-refractivity contribution in [3.63, 3.8) is 0 Å². The first-order valence-electron chi connectivity index (χ1n) is 12.2. The minimum atomic E-state index is -0.576. The van der Waals surface area contributed by atoms with E-state index in [0.29, 0.717) is 23.4 Å². The zero-order valence-electron chi connectivity index (χ0n) is 19.6. The topological polar surface area (TPSA) is 44.3 Å². The molecule has 1 N–H and O–H groups in total. The summed E-state index contributed by atoms with van der Waals surface area (Å²) in [6, 6.07) is 6.40. The van der Waals surface area contributed by atoms with Crippen molar-refractivity contribution in [2.75, 3.05) is 36.4 Å². The van der Waals surface area contributed by atoms with Crippen LogP contribution in [0.1, 0.15) is 43.2 Å². The molecule has 0 aliphatic carbocycles. The SMILES string of the molecule is Cc1ccsc1-c1cnc(N2CCC(N3CCCCC3)CC2)nc1NCc1ccc(F)cc1F. The standard InChI is InChI=1S/C26H31F2N5S/c1-18-9-14-34-24(18)22-17-30-26(31-25(22)29-16-19-5-6-20(27)15-23(19)28)33-12-7-21(8-13-33)32-10-3-2-4-11-32/h5-6,9,14-15,17,21H,2-4,7-8,10-13,16H2,1H3,(H,29,30,31). The number of aryl methyl sites for hydroxylation is 1. The normalized spacial score (nSPS) is 17.8. The largest absolute Gasteiger partial charge is 0.365 e. The summed E-state index contributed by atoms with van der Waals surface area (Å²) in [5.74, 6) is 0.249. The summed E-state index contributed by atoms with van der Waals surface area (Å²) in [6.45, 7) is 6.61. The molecule has 0 atom stereocenters. The number of piperidine rings is 2. The van der Waals surface area contributed by atoms with Gasteiger partial charge in [0.25, 0.3) is 0 Å². The second-order valence-corrected chi connectivity index (χ2v) is 10.2. The van der Waals surface area contributed by atoms with E-state index in [1.54, 1.807) is 11.3 Å². The maximum absolute atomic E-state index is 14.2. The van der Waals surface area contributed by atoms with Crippen molar-refractivity contribution in [2.24, 2.45) is 0 Å². The number of hydrogen-bond donors (Lipinski definition) is 1. The Kier molecular flexibility index (Phi) is 7.06. The minimum absolute atomic E-state index is 0.219. The van der Waals surface area contributed by atoms with Crippen LogP contribution in [-0.4, -0.2) is 47.1 Å². The lowest BCUT2D eigenvalue weighted by atomic mass is 10.00. The van der Waals surface area contributed by atoms with Gasteiger partial charge in [-0.3, -0.25) is 0 Å². The highest BCUT2D eigenvalue weighted by atomic mass is 32.1. The van der Waals surface area contributed by atoms with E-state index in [0.717, 1.165) is 48.0 Å². The van der Waals surface area contributed by atoms with Crippen molar-refractivity contribution < 1.29 is 8.78 Å². The third-order valence-corrected chi connectivity index (χ3v) is 8.05. The van der Waals surface area contributed by atoms with Gasteiger partial charge >= 0.3 is 0 Å². The van der Waals surface area contributed by atoms with E-state index in [1.165, 1.54) is 44.5 Å². The summed E-state index contributed by atoms with van der Waals surface area (Å²) in [5.41, 5.74) is 2.46. The van der Waals surface area contributed by atoms with Crippen LogP contribution in [0.4, 0.5) is 20.5 Å². The third kappa shape index (κ3) is 5.08. The molecule has 0 unspecified atom stereocenters. The summed E-state index contributed by atoms with van der Waals surface area (Å²) in [6.07, 6.45) is 8.11. The fourth-order valence-corrected chi connectivity index (χ4v) is 5.97. The Morgan fingerprint density at radius 3 is 2.56 bits per heavy atom. The van der Waals surface area contributed by atoms with Crippen LogP contribution in [0, 0.1) is 18.6 Å². The number of aromatic nitrogens is 2. The first kappa shape index (κ1) is 23.2. The zero-order valence-corrected chi connectivity index (χ0v) is 20.4. The third-order valence-electron chi connectivity index (χ3n) is 7.00.